The van der Waals surface area contributed by atoms with Crippen LogP contribution in [0.4, 0.5) is 0 Å². The van der Waals surface area contributed by atoms with Crippen molar-refractivity contribution in [2.45, 2.75) is 24.7 Å². The second kappa shape index (κ2) is 7.04. The minimum atomic E-state index is -0.138. The predicted octanol–water partition coefficient (Wildman–Crippen LogP) is 5.03. The van der Waals surface area contributed by atoms with Crippen LogP contribution in [0.25, 0.3) is 0 Å². The zero-order chi connectivity index (χ0) is 15.2. The summed E-state index contributed by atoms with van der Waals surface area (Å²) in [5.41, 5.74) is 3.64. The van der Waals surface area contributed by atoms with Crippen LogP contribution in [0.3, 0.4) is 0 Å². The van der Waals surface area contributed by atoms with E-state index in [4.69, 9.17) is 0 Å². The molecule has 0 radical (unpaired) electrons. The molecule has 1 heteroatoms. The number of aldehydes is 1. The Balaban J connectivity index is 2.06. The van der Waals surface area contributed by atoms with Gasteiger partial charge in [0.25, 0.3) is 0 Å². The first-order valence-corrected chi connectivity index (χ1v) is 7.81. The Labute approximate surface area is 132 Å². The van der Waals surface area contributed by atoms with Crippen LogP contribution < -0.4 is 0 Å². The average Bonchev–Trinajstić information content (AvgIpc) is 2.62. The molecular formula is C21H20O. The molecule has 0 saturated heterocycles. The molecule has 0 amide bonds. The van der Waals surface area contributed by atoms with Gasteiger partial charge in [-0.2, -0.15) is 0 Å². The van der Waals surface area contributed by atoms with Crippen LogP contribution in [0, 0.1) is 0 Å². The molecule has 1 aliphatic carbocycles. The zero-order valence-electron chi connectivity index (χ0n) is 12.6. The molecule has 2 aromatic carbocycles. The fraction of sp³-hybridized carbons (Fsp3) is 0.190. The SMILES string of the molecule is O=CC(c1ccccc1)C(C1=CC=CCC1)c1ccccc1. The van der Waals surface area contributed by atoms with Crippen LogP contribution in [-0.4, -0.2) is 6.29 Å². The maximum Gasteiger partial charge on any atom is 0.128 e. The van der Waals surface area contributed by atoms with Gasteiger partial charge in [-0.1, -0.05) is 84.5 Å². The predicted molar refractivity (Wildman–Crippen MR) is 90.9 cm³/mol. The molecule has 0 spiro atoms. The van der Waals surface area contributed by atoms with Crippen molar-refractivity contribution >= 4 is 6.29 Å². The Morgan fingerprint density at radius 3 is 2.05 bits per heavy atom. The van der Waals surface area contributed by atoms with Crippen LogP contribution >= 0.6 is 0 Å². The summed E-state index contributed by atoms with van der Waals surface area (Å²) in [5, 5.41) is 0. The van der Waals surface area contributed by atoms with Gasteiger partial charge in [0.2, 0.25) is 0 Å². The van der Waals surface area contributed by atoms with Crippen LogP contribution in [0.15, 0.2) is 84.5 Å². The van der Waals surface area contributed by atoms with Gasteiger partial charge < -0.3 is 4.79 Å². The van der Waals surface area contributed by atoms with Gasteiger partial charge in [-0.15, -0.1) is 0 Å². The van der Waals surface area contributed by atoms with E-state index in [9.17, 15) is 4.79 Å². The van der Waals surface area contributed by atoms with E-state index in [-0.39, 0.29) is 11.8 Å². The van der Waals surface area contributed by atoms with E-state index in [1.165, 1.54) is 11.1 Å². The molecule has 0 fully saturated rings. The Kier molecular flexibility index (Phi) is 4.65. The van der Waals surface area contributed by atoms with Gasteiger partial charge in [-0.05, 0) is 24.0 Å². The van der Waals surface area contributed by atoms with E-state index < -0.39 is 0 Å². The molecule has 0 N–H and O–H groups in total. The molecule has 22 heavy (non-hydrogen) atoms. The largest absolute Gasteiger partial charge is 0.303 e. The first-order chi connectivity index (χ1) is 10.9. The lowest BCUT2D eigenvalue weighted by atomic mass is 9.75. The highest BCUT2D eigenvalue weighted by molar-refractivity contribution is 5.66. The van der Waals surface area contributed by atoms with E-state index in [1.54, 1.807) is 0 Å². The van der Waals surface area contributed by atoms with Crippen LogP contribution in [0.5, 0.6) is 0 Å². The molecule has 1 aliphatic rings. The average molecular weight is 288 g/mol. The lowest BCUT2D eigenvalue weighted by molar-refractivity contribution is -0.109. The summed E-state index contributed by atoms with van der Waals surface area (Å²) in [6.07, 6.45) is 9.65. The third kappa shape index (κ3) is 3.09. The van der Waals surface area contributed by atoms with Crippen LogP contribution in [0.1, 0.15) is 35.8 Å². The van der Waals surface area contributed by atoms with Gasteiger partial charge in [0.1, 0.15) is 6.29 Å². The summed E-state index contributed by atoms with van der Waals surface area (Å²) in [4.78, 5) is 11.9. The number of rotatable bonds is 5. The molecule has 110 valence electrons. The number of carbonyl (C=O) groups excluding carboxylic acids is 1. The maximum atomic E-state index is 11.9. The molecule has 0 aliphatic heterocycles. The molecule has 0 aromatic heterocycles. The van der Waals surface area contributed by atoms with Crippen molar-refractivity contribution in [2.75, 3.05) is 0 Å². The van der Waals surface area contributed by atoms with Crippen LogP contribution in [0.2, 0.25) is 0 Å². The monoisotopic (exact) mass is 288 g/mol. The second-order valence-corrected chi connectivity index (χ2v) is 5.67. The van der Waals surface area contributed by atoms with Gasteiger partial charge in [-0.25, -0.2) is 0 Å². The quantitative estimate of drug-likeness (QED) is 0.705. The molecule has 2 aromatic rings. The van der Waals surface area contributed by atoms with Crippen molar-refractivity contribution in [3.8, 4) is 0 Å². The topological polar surface area (TPSA) is 17.1 Å². The highest BCUT2D eigenvalue weighted by atomic mass is 16.1. The lowest BCUT2D eigenvalue weighted by Gasteiger charge is -2.27. The fourth-order valence-corrected chi connectivity index (χ4v) is 3.22. The van der Waals surface area contributed by atoms with Crippen LogP contribution in [-0.2, 0) is 4.79 Å². The van der Waals surface area contributed by atoms with E-state index in [0.29, 0.717) is 0 Å². The number of allylic oxidation sites excluding steroid dienone is 4. The minimum Gasteiger partial charge on any atom is -0.303 e. The van der Waals surface area contributed by atoms with Gasteiger partial charge in [-0.3, -0.25) is 0 Å². The van der Waals surface area contributed by atoms with Gasteiger partial charge in [0, 0.05) is 5.92 Å². The summed E-state index contributed by atoms with van der Waals surface area (Å²) in [7, 11) is 0. The van der Waals surface area contributed by atoms with Crippen molar-refractivity contribution in [1.82, 2.24) is 0 Å². The Hall–Kier alpha value is -2.41. The minimum absolute atomic E-state index is 0.117. The highest BCUT2D eigenvalue weighted by Gasteiger charge is 2.27. The first kappa shape index (κ1) is 14.5. The summed E-state index contributed by atoms with van der Waals surface area (Å²) < 4.78 is 0. The van der Waals surface area contributed by atoms with Gasteiger partial charge in [0.05, 0.1) is 5.92 Å². The Morgan fingerprint density at radius 2 is 1.50 bits per heavy atom. The lowest BCUT2D eigenvalue weighted by Crippen LogP contribution is -2.16. The molecule has 0 heterocycles. The Bertz CT molecular complexity index is 668. The van der Waals surface area contributed by atoms with Crippen molar-refractivity contribution in [2.24, 2.45) is 0 Å². The number of hydrogen-bond donors (Lipinski definition) is 0. The van der Waals surface area contributed by atoms with E-state index in [2.05, 4.69) is 42.5 Å². The summed E-state index contributed by atoms with van der Waals surface area (Å²) in [5.74, 6) is -0.0209. The first-order valence-electron chi connectivity index (χ1n) is 7.81. The fourth-order valence-electron chi connectivity index (χ4n) is 3.22. The summed E-state index contributed by atoms with van der Waals surface area (Å²) in [6, 6.07) is 20.5. The summed E-state index contributed by atoms with van der Waals surface area (Å²) >= 11 is 0. The second-order valence-electron chi connectivity index (χ2n) is 5.67. The van der Waals surface area contributed by atoms with Crippen molar-refractivity contribution in [1.29, 1.82) is 0 Å². The maximum absolute atomic E-state index is 11.9. The standard InChI is InChI=1S/C21H20O/c22-16-20(17-10-4-1-5-11-17)21(18-12-6-2-7-13-18)19-14-8-3-9-15-19/h1-8,10-14,16,20-21H,9,15H2. The summed E-state index contributed by atoms with van der Waals surface area (Å²) in [6.45, 7) is 0. The van der Waals surface area contributed by atoms with E-state index in [0.717, 1.165) is 24.7 Å². The number of benzene rings is 2. The number of carbonyl (C=O) groups is 1. The smallest absolute Gasteiger partial charge is 0.128 e. The third-order valence-corrected chi connectivity index (χ3v) is 4.29. The van der Waals surface area contributed by atoms with E-state index in [1.807, 2.05) is 36.4 Å². The zero-order valence-corrected chi connectivity index (χ0v) is 12.6. The molecule has 0 bridgehead atoms. The number of hydrogen-bond acceptors (Lipinski definition) is 1. The molecule has 0 saturated carbocycles. The van der Waals surface area contributed by atoms with Crippen molar-refractivity contribution < 1.29 is 4.79 Å². The molecule has 1 nitrogen and oxygen atoms in total. The van der Waals surface area contributed by atoms with Crippen molar-refractivity contribution in [3.63, 3.8) is 0 Å². The van der Waals surface area contributed by atoms with Gasteiger partial charge in [0.15, 0.2) is 0 Å². The Morgan fingerprint density at radius 1 is 0.864 bits per heavy atom. The molecule has 2 atom stereocenters. The van der Waals surface area contributed by atoms with E-state index >= 15 is 0 Å². The van der Waals surface area contributed by atoms with Gasteiger partial charge >= 0.3 is 0 Å². The third-order valence-electron chi connectivity index (χ3n) is 4.29. The molecular weight excluding hydrogens is 268 g/mol. The molecule has 3 rings (SSSR count). The normalized spacial score (nSPS) is 16.6. The highest BCUT2D eigenvalue weighted by Crippen LogP contribution is 2.40. The van der Waals surface area contributed by atoms with Crippen molar-refractivity contribution in [3.05, 3.63) is 95.6 Å². The molecule has 2 unspecified atom stereocenters.